The normalized spacial score (nSPS) is 14.5. The summed E-state index contributed by atoms with van der Waals surface area (Å²) >= 11 is 0. The Morgan fingerprint density at radius 3 is 2.36 bits per heavy atom. The smallest absolute Gasteiger partial charge is 0.416 e. The van der Waals surface area contributed by atoms with Crippen molar-refractivity contribution < 1.29 is 28.2 Å². The Labute approximate surface area is 206 Å². The number of benzene rings is 2. The largest absolute Gasteiger partial charge is 0.481 e. The number of carbonyl (C=O) groups is 1. The van der Waals surface area contributed by atoms with Crippen molar-refractivity contribution in [1.29, 1.82) is 0 Å². The number of halogens is 3. The Kier molecular flexibility index (Phi) is 7.12. The third-order valence-electron chi connectivity index (χ3n) is 6.38. The predicted molar refractivity (Wildman–Crippen MR) is 128 cm³/mol. The first-order valence-electron chi connectivity index (χ1n) is 11.6. The van der Waals surface area contributed by atoms with Gasteiger partial charge in [-0.2, -0.15) is 18.3 Å². The molecular weight excluding hydrogens is 471 g/mol. The van der Waals surface area contributed by atoms with Gasteiger partial charge in [0.15, 0.2) is 5.65 Å². The van der Waals surface area contributed by atoms with Crippen LogP contribution in [0.4, 0.5) is 13.2 Å². The van der Waals surface area contributed by atoms with E-state index in [9.17, 15) is 28.2 Å². The number of aliphatic hydroxyl groups is 1. The number of aliphatic hydroxyl groups excluding tert-OH is 1. The van der Waals surface area contributed by atoms with Gasteiger partial charge in [0.25, 0.3) is 0 Å². The summed E-state index contributed by atoms with van der Waals surface area (Å²) in [4.78, 5) is 17.3. The summed E-state index contributed by atoms with van der Waals surface area (Å²) in [5.74, 6) is -1.11. The molecule has 4 aromatic rings. The van der Waals surface area contributed by atoms with Crippen molar-refractivity contribution >= 4 is 11.6 Å². The molecule has 2 heterocycles. The van der Waals surface area contributed by atoms with Gasteiger partial charge in [-0.25, -0.2) is 9.50 Å². The van der Waals surface area contributed by atoms with E-state index in [4.69, 9.17) is 0 Å². The maximum absolute atomic E-state index is 13.0. The molecule has 2 atom stereocenters. The highest BCUT2D eigenvalue weighted by Crippen LogP contribution is 2.37. The molecule has 2 aromatic heterocycles. The topological polar surface area (TPSA) is 87.7 Å². The Morgan fingerprint density at radius 2 is 1.75 bits per heavy atom. The molecule has 0 bridgehead atoms. The molecule has 0 aliphatic heterocycles. The first-order valence-corrected chi connectivity index (χ1v) is 11.6. The van der Waals surface area contributed by atoms with Crippen LogP contribution in [0.25, 0.3) is 16.8 Å². The molecule has 0 saturated carbocycles. The van der Waals surface area contributed by atoms with Gasteiger partial charge in [-0.15, -0.1) is 0 Å². The number of rotatable bonds is 9. The monoisotopic (exact) mass is 497 g/mol. The van der Waals surface area contributed by atoms with E-state index in [0.29, 0.717) is 35.3 Å². The van der Waals surface area contributed by atoms with Gasteiger partial charge in [-0.05, 0) is 48.6 Å². The highest BCUT2D eigenvalue weighted by atomic mass is 19.4. The number of carboxylic acid groups (broad SMARTS) is 1. The molecule has 0 aliphatic carbocycles. The standard InChI is InChI=1S/C27H26F3N3O3/c1-2-6-21(34)16-26(25(35)36,15-18-7-4-3-5-8-18)23-13-14-31-24-22(17-32-33(23)24)19-9-11-20(12-10-19)27(28,29)30/h3-5,7-14,17,21,34H,2,6,15-16H2,1H3,(H,35,36)/t21?,26-/m1/s1. The number of hydrogen-bond acceptors (Lipinski definition) is 4. The van der Waals surface area contributed by atoms with E-state index in [1.807, 2.05) is 37.3 Å². The van der Waals surface area contributed by atoms with Crippen LogP contribution in [-0.2, 0) is 22.8 Å². The fourth-order valence-electron chi connectivity index (χ4n) is 4.62. The zero-order valence-electron chi connectivity index (χ0n) is 19.6. The first kappa shape index (κ1) is 25.4. The van der Waals surface area contributed by atoms with Crippen molar-refractivity contribution in [3.05, 3.63) is 89.9 Å². The van der Waals surface area contributed by atoms with Crippen molar-refractivity contribution in [3.8, 4) is 11.1 Å². The molecule has 2 aromatic carbocycles. The molecule has 6 nitrogen and oxygen atoms in total. The quantitative estimate of drug-likeness (QED) is 0.317. The Morgan fingerprint density at radius 1 is 1.06 bits per heavy atom. The van der Waals surface area contributed by atoms with Gasteiger partial charge in [0.1, 0.15) is 5.41 Å². The molecule has 0 radical (unpaired) electrons. The van der Waals surface area contributed by atoms with Gasteiger partial charge in [0, 0.05) is 11.8 Å². The summed E-state index contributed by atoms with van der Waals surface area (Å²) in [5, 5.41) is 25.7. The van der Waals surface area contributed by atoms with E-state index in [-0.39, 0.29) is 12.8 Å². The van der Waals surface area contributed by atoms with E-state index in [0.717, 1.165) is 17.7 Å². The molecule has 0 saturated heterocycles. The maximum atomic E-state index is 13.0. The van der Waals surface area contributed by atoms with Crippen LogP contribution in [-0.4, -0.2) is 36.9 Å². The molecule has 1 unspecified atom stereocenters. The van der Waals surface area contributed by atoms with Crippen LogP contribution >= 0.6 is 0 Å². The Balaban J connectivity index is 1.86. The number of fused-ring (bicyclic) bond motifs is 1. The van der Waals surface area contributed by atoms with E-state index < -0.39 is 29.2 Å². The number of aliphatic carboxylic acids is 1. The number of nitrogens with zero attached hydrogens (tertiary/aromatic N) is 3. The van der Waals surface area contributed by atoms with E-state index >= 15 is 0 Å². The molecule has 188 valence electrons. The summed E-state index contributed by atoms with van der Waals surface area (Å²) in [6, 6.07) is 15.4. The summed E-state index contributed by atoms with van der Waals surface area (Å²) in [5.41, 5.74) is 0.0720. The second-order valence-electron chi connectivity index (χ2n) is 8.90. The van der Waals surface area contributed by atoms with E-state index in [1.165, 1.54) is 29.0 Å². The van der Waals surface area contributed by atoms with Gasteiger partial charge < -0.3 is 10.2 Å². The van der Waals surface area contributed by atoms with Crippen molar-refractivity contribution in [2.75, 3.05) is 0 Å². The summed E-state index contributed by atoms with van der Waals surface area (Å²) in [6.45, 7) is 1.91. The lowest BCUT2D eigenvalue weighted by molar-refractivity contribution is -0.145. The third-order valence-corrected chi connectivity index (χ3v) is 6.38. The van der Waals surface area contributed by atoms with Crippen LogP contribution in [0.5, 0.6) is 0 Å². The summed E-state index contributed by atoms with van der Waals surface area (Å²) < 4.78 is 40.4. The highest BCUT2D eigenvalue weighted by Gasteiger charge is 2.44. The van der Waals surface area contributed by atoms with Crippen LogP contribution in [0.2, 0.25) is 0 Å². The number of aromatic nitrogens is 3. The molecular formula is C27H26F3N3O3. The van der Waals surface area contributed by atoms with Gasteiger partial charge >= 0.3 is 12.1 Å². The average Bonchev–Trinajstić information content (AvgIpc) is 3.28. The minimum absolute atomic E-state index is 0.0420. The first-order chi connectivity index (χ1) is 17.2. The van der Waals surface area contributed by atoms with Crippen molar-refractivity contribution in [2.24, 2.45) is 0 Å². The second kappa shape index (κ2) is 10.1. The minimum Gasteiger partial charge on any atom is -0.481 e. The lowest BCUT2D eigenvalue weighted by Crippen LogP contribution is -2.43. The van der Waals surface area contributed by atoms with Gasteiger partial charge in [-0.3, -0.25) is 4.79 Å². The molecule has 0 spiro atoms. The van der Waals surface area contributed by atoms with Crippen LogP contribution < -0.4 is 0 Å². The zero-order chi connectivity index (χ0) is 25.9. The van der Waals surface area contributed by atoms with E-state index in [2.05, 4.69) is 10.1 Å². The molecule has 0 aliphatic rings. The number of alkyl halides is 3. The van der Waals surface area contributed by atoms with Crippen molar-refractivity contribution in [1.82, 2.24) is 14.6 Å². The molecule has 0 fully saturated rings. The molecule has 36 heavy (non-hydrogen) atoms. The molecule has 9 heteroatoms. The zero-order valence-corrected chi connectivity index (χ0v) is 19.6. The van der Waals surface area contributed by atoms with Crippen molar-refractivity contribution in [2.45, 2.75) is 50.3 Å². The second-order valence-corrected chi connectivity index (χ2v) is 8.90. The van der Waals surface area contributed by atoms with E-state index in [1.54, 1.807) is 6.07 Å². The lowest BCUT2D eigenvalue weighted by atomic mass is 9.73. The van der Waals surface area contributed by atoms with Crippen LogP contribution in [0.1, 0.15) is 43.0 Å². The van der Waals surface area contributed by atoms with Crippen LogP contribution in [0, 0.1) is 0 Å². The minimum atomic E-state index is -4.46. The predicted octanol–water partition coefficient (Wildman–Crippen LogP) is 5.53. The maximum Gasteiger partial charge on any atom is 0.416 e. The molecule has 4 rings (SSSR count). The van der Waals surface area contributed by atoms with Gasteiger partial charge in [-0.1, -0.05) is 55.8 Å². The Bertz CT molecular complexity index is 1340. The van der Waals surface area contributed by atoms with Crippen LogP contribution in [0.3, 0.4) is 0 Å². The van der Waals surface area contributed by atoms with Gasteiger partial charge in [0.05, 0.1) is 23.6 Å². The SMILES string of the molecule is CCCC(O)C[C@@](Cc1ccccc1)(C(=O)O)c1ccnc2c(-c3ccc(C(F)(F)F)cc3)cnn12. The van der Waals surface area contributed by atoms with Crippen molar-refractivity contribution in [3.63, 3.8) is 0 Å². The lowest BCUT2D eigenvalue weighted by Gasteiger charge is -2.32. The summed E-state index contributed by atoms with van der Waals surface area (Å²) in [7, 11) is 0. The van der Waals surface area contributed by atoms with Crippen LogP contribution in [0.15, 0.2) is 73.1 Å². The van der Waals surface area contributed by atoms with Gasteiger partial charge in [0.2, 0.25) is 0 Å². The third kappa shape index (κ3) is 4.97. The molecule has 0 amide bonds. The number of hydrogen-bond donors (Lipinski definition) is 2. The highest BCUT2D eigenvalue weighted by molar-refractivity contribution is 5.83. The summed E-state index contributed by atoms with van der Waals surface area (Å²) in [6.07, 6.45) is -1.19. The average molecular weight is 498 g/mol. The fraction of sp³-hybridized carbons (Fsp3) is 0.296. The fourth-order valence-corrected chi connectivity index (χ4v) is 4.62. The number of carboxylic acids is 1. The Hall–Kier alpha value is -3.72. The molecule has 2 N–H and O–H groups in total.